The molecular formula is C14H11F4NO2. The molecule has 0 amide bonds. The Morgan fingerprint density at radius 3 is 2.57 bits per heavy atom. The smallest absolute Gasteiger partial charge is 0.419 e. The Hall–Kier alpha value is -2.15. The van der Waals surface area contributed by atoms with E-state index in [-0.39, 0.29) is 18.1 Å². The van der Waals surface area contributed by atoms with E-state index in [4.69, 9.17) is 9.84 Å². The molecule has 3 nitrogen and oxygen atoms in total. The molecule has 0 saturated carbocycles. The van der Waals surface area contributed by atoms with Crippen LogP contribution in [0.15, 0.2) is 30.5 Å². The van der Waals surface area contributed by atoms with Gasteiger partial charge in [-0.2, -0.15) is 13.2 Å². The number of ether oxygens (including phenoxy) is 1. The summed E-state index contributed by atoms with van der Waals surface area (Å²) < 4.78 is 56.4. The van der Waals surface area contributed by atoms with Crippen molar-refractivity contribution in [3.05, 3.63) is 53.1 Å². The van der Waals surface area contributed by atoms with Crippen LogP contribution in [0.5, 0.6) is 11.5 Å². The average molecular weight is 301 g/mol. The van der Waals surface area contributed by atoms with Crippen LogP contribution in [0, 0.1) is 12.7 Å². The molecule has 0 bridgehead atoms. The van der Waals surface area contributed by atoms with Crippen LogP contribution in [0.3, 0.4) is 0 Å². The van der Waals surface area contributed by atoms with Crippen molar-refractivity contribution < 1.29 is 27.4 Å². The van der Waals surface area contributed by atoms with Gasteiger partial charge in [-0.25, -0.2) is 4.39 Å². The van der Waals surface area contributed by atoms with Crippen molar-refractivity contribution in [3.8, 4) is 11.5 Å². The van der Waals surface area contributed by atoms with Crippen molar-refractivity contribution in [1.29, 1.82) is 0 Å². The lowest BCUT2D eigenvalue weighted by Crippen LogP contribution is -2.08. The number of aromatic nitrogens is 1. The molecule has 0 spiro atoms. The molecule has 0 aliphatic carbocycles. The second-order valence-electron chi connectivity index (χ2n) is 4.33. The van der Waals surface area contributed by atoms with Crippen LogP contribution in [-0.4, -0.2) is 10.1 Å². The molecule has 112 valence electrons. The minimum absolute atomic E-state index is 0.171. The van der Waals surface area contributed by atoms with Crippen molar-refractivity contribution in [2.45, 2.75) is 19.7 Å². The monoisotopic (exact) mass is 301 g/mol. The highest BCUT2D eigenvalue weighted by Gasteiger charge is 2.34. The van der Waals surface area contributed by atoms with Crippen LogP contribution in [0.4, 0.5) is 17.6 Å². The summed E-state index contributed by atoms with van der Waals surface area (Å²) in [5.41, 5.74) is -0.518. The lowest BCUT2D eigenvalue weighted by atomic mass is 10.2. The van der Waals surface area contributed by atoms with E-state index in [0.29, 0.717) is 23.4 Å². The third-order valence-corrected chi connectivity index (χ3v) is 2.72. The number of nitrogens with zero attached hydrogens (tertiary/aromatic N) is 1. The fourth-order valence-electron chi connectivity index (χ4n) is 1.69. The fraction of sp³-hybridized carbons (Fsp3) is 0.214. The van der Waals surface area contributed by atoms with E-state index in [9.17, 15) is 17.6 Å². The van der Waals surface area contributed by atoms with E-state index in [2.05, 4.69) is 4.98 Å². The van der Waals surface area contributed by atoms with E-state index in [1.54, 1.807) is 6.92 Å². The van der Waals surface area contributed by atoms with Gasteiger partial charge >= 0.3 is 6.18 Å². The number of hydrogen-bond acceptors (Lipinski definition) is 3. The zero-order valence-corrected chi connectivity index (χ0v) is 10.9. The predicted octanol–water partition coefficient (Wildman–Crippen LogP) is 3.83. The average Bonchev–Trinajstić information content (AvgIpc) is 2.40. The number of halogens is 4. The molecule has 7 heteroatoms. The molecule has 1 aromatic carbocycles. The lowest BCUT2D eigenvalue weighted by molar-refractivity contribution is -0.140. The van der Waals surface area contributed by atoms with Gasteiger partial charge in [-0.05, 0) is 25.1 Å². The second kappa shape index (κ2) is 5.69. The summed E-state index contributed by atoms with van der Waals surface area (Å²) in [7, 11) is 0. The number of pyridine rings is 1. The van der Waals surface area contributed by atoms with Crippen LogP contribution in [0.1, 0.15) is 16.8 Å². The van der Waals surface area contributed by atoms with Gasteiger partial charge in [0.25, 0.3) is 0 Å². The van der Waals surface area contributed by atoms with Gasteiger partial charge in [0.1, 0.15) is 17.3 Å². The van der Waals surface area contributed by atoms with Gasteiger partial charge in [0.05, 0.1) is 12.2 Å². The van der Waals surface area contributed by atoms with E-state index < -0.39 is 17.6 Å². The molecule has 0 radical (unpaired) electrons. The highest BCUT2D eigenvalue weighted by atomic mass is 19.4. The molecule has 0 unspecified atom stereocenters. The number of rotatable bonds is 3. The van der Waals surface area contributed by atoms with Gasteiger partial charge in [0.2, 0.25) is 0 Å². The number of aliphatic hydroxyl groups excluding tert-OH is 1. The first kappa shape index (κ1) is 15.2. The van der Waals surface area contributed by atoms with Gasteiger partial charge < -0.3 is 9.84 Å². The van der Waals surface area contributed by atoms with E-state index in [1.807, 2.05) is 0 Å². The van der Waals surface area contributed by atoms with Gasteiger partial charge in [0.15, 0.2) is 0 Å². The highest BCUT2D eigenvalue weighted by molar-refractivity contribution is 5.39. The molecule has 1 heterocycles. The number of alkyl halides is 3. The second-order valence-corrected chi connectivity index (χ2v) is 4.33. The summed E-state index contributed by atoms with van der Waals surface area (Å²) in [5, 5.41) is 9.16. The standard InChI is InChI=1S/C14H11F4NO2/c1-8-4-13(9(7-20)6-19-8)21-10-2-3-12(15)11(5-10)14(16,17)18/h2-6,20H,7H2,1H3. The Kier molecular flexibility index (Phi) is 4.13. The normalized spacial score (nSPS) is 11.5. The first-order valence-electron chi connectivity index (χ1n) is 5.92. The first-order chi connectivity index (χ1) is 9.81. The Balaban J connectivity index is 2.39. The maximum absolute atomic E-state index is 13.2. The van der Waals surface area contributed by atoms with E-state index >= 15 is 0 Å². The first-order valence-corrected chi connectivity index (χ1v) is 5.92. The topological polar surface area (TPSA) is 42.4 Å². The van der Waals surface area contributed by atoms with Crippen molar-refractivity contribution in [2.75, 3.05) is 0 Å². The summed E-state index contributed by atoms with van der Waals surface area (Å²) in [6.45, 7) is 1.29. The number of aryl methyl sites for hydroxylation is 1. The molecule has 0 atom stereocenters. The summed E-state index contributed by atoms with van der Waals surface area (Å²) in [5.74, 6) is -1.38. The zero-order valence-electron chi connectivity index (χ0n) is 10.9. The fourth-order valence-corrected chi connectivity index (χ4v) is 1.69. The van der Waals surface area contributed by atoms with Gasteiger partial charge in [-0.1, -0.05) is 0 Å². The lowest BCUT2D eigenvalue weighted by Gasteiger charge is -2.13. The molecule has 2 aromatic rings. The van der Waals surface area contributed by atoms with Gasteiger partial charge in [-0.3, -0.25) is 4.98 Å². The zero-order chi connectivity index (χ0) is 15.6. The van der Waals surface area contributed by atoms with Crippen LogP contribution >= 0.6 is 0 Å². The van der Waals surface area contributed by atoms with Crippen LogP contribution < -0.4 is 4.74 Å². The molecule has 1 N–H and O–H groups in total. The maximum atomic E-state index is 13.2. The summed E-state index contributed by atoms with van der Waals surface area (Å²) in [6.07, 6.45) is -3.45. The SMILES string of the molecule is Cc1cc(Oc2ccc(F)c(C(F)(F)F)c2)c(CO)cn1. The van der Waals surface area contributed by atoms with Crippen molar-refractivity contribution >= 4 is 0 Å². The van der Waals surface area contributed by atoms with E-state index in [1.165, 1.54) is 12.3 Å². The Labute approximate surface area is 117 Å². The summed E-state index contributed by atoms with van der Waals surface area (Å²) >= 11 is 0. The molecule has 0 aliphatic rings. The van der Waals surface area contributed by atoms with Crippen LogP contribution in [0.2, 0.25) is 0 Å². The van der Waals surface area contributed by atoms with Gasteiger partial charge in [0, 0.05) is 23.5 Å². The summed E-state index contributed by atoms with van der Waals surface area (Å²) in [6, 6.07) is 3.82. The van der Waals surface area contributed by atoms with Crippen molar-refractivity contribution in [1.82, 2.24) is 4.98 Å². The third kappa shape index (κ3) is 3.49. The Morgan fingerprint density at radius 2 is 1.95 bits per heavy atom. The number of aliphatic hydroxyl groups is 1. The van der Waals surface area contributed by atoms with E-state index in [0.717, 1.165) is 6.07 Å². The van der Waals surface area contributed by atoms with Crippen LogP contribution in [0.25, 0.3) is 0 Å². The van der Waals surface area contributed by atoms with Crippen molar-refractivity contribution in [3.63, 3.8) is 0 Å². The minimum atomic E-state index is -4.81. The Bertz CT molecular complexity index is 656. The largest absolute Gasteiger partial charge is 0.457 e. The van der Waals surface area contributed by atoms with Gasteiger partial charge in [-0.15, -0.1) is 0 Å². The molecule has 0 saturated heterocycles. The quantitative estimate of drug-likeness (QED) is 0.876. The molecule has 0 aliphatic heterocycles. The maximum Gasteiger partial charge on any atom is 0.419 e. The number of hydrogen-bond donors (Lipinski definition) is 1. The minimum Gasteiger partial charge on any atom is -0.457 e. The highest BCUT2D eigenvalue weighted by Crippen LogP contribution is 2.35. The molecular weight excluding hydrogens is 290 g/mol. The molecule has 21 heavy (non-hydrogen) atoms. The third-order valence-electron chi connectivity index (χ3n) is 2.72. The summed E-state index contributed by atoms with van der Waals surface area (Å²) in [4.78, 5) is 3.94. The molecule has 1 aromatic heterocycles. The van der Waals surface area contributed by atoms with Crippen molar-refractivity contribution in [2.24, 2.45) is 0 Å². The molecule has 2 rings (SSSR count). The predicted molar refractivity (Wildman–Crippen MR) is 66.4 cm³/mol. The molecule has 0 fully saturated rings. The number of benzene rings is 1. The van der Waals surface area contributed by atoms with Crippen LogP contribution in [-0.2, 0) is 12.8 Å². The Morgan fingerprint density at radius 1 is 1.24 bits per heavy atom.